The molecule has 4 rings (SSSR count). The highest BCUT2D eigenvalue weighted by Gasteiger charge is 2.32. The second kappa shape index (κ2) is 8.87. The first kappa shape index (κ1) is 24.5. The van der Waals surface area contributed by atoms with Crippen LogP contribution in [0.25, 0.3) is 10.9 Å². The molecule has 186 valence electrons. The number of aromatic nitrogens is 2. The molecule has 1 aliphatic heterocycles. The largest absolute Gasteiger partial charge is 0.491 e. The minimum Gasteiger partial charge on any atom is -0.491 e. The summed E-state index contributed by atoms with van der Waals surface area (Å²) in [4.78, 5) is 27.6. The van der Waals surface area contributed by atoms with Crippen molar-refractivity contribution in [2.24, 2.45) is 7.05 Å². The van der Waals surface area contributed by atoms with Crippen molar-refractivity contribution in [3.05, 3.63) is 59.0 Å². The number of rotatable bonds is 3. The standard InChI is InChI=1S/C26H31FN4O4/c1-25(2,3)35-24(33)31-12-13-34-21-16(15-31)8-7-9-19(21)23(32)28-26(4,5)22-18-11-10-17(27)14-20(18)30(6)29-22/h7-11,14H,12-13,15H2,1-6H3,(H,28,32). The highest BCUT2D eigenvalue weighted by Crippen LogP contribution is 2.31. The normalized spacial score (nSPS) is 14.2. The van der Waals surface area contributed by atoms with E-state index in [0.717, 1.165) is 10.9 Å². The summed E-state index contributed by atoms with van der Waals surface area (Å²) in [5.41, 5.74) is 0.890. The predicted molar refractivity (Wildman–Crippen MR) is 130 cm³/mol. The van der Waals surface area contributed by atoms with E-state index in [1.54, 1.807) is 34.8 Å². The van der Waals surface area contributed by atoms with Crippen molar-refractivity contribution in [3.63, 3.8) is 0 Å². The van der Waals surface area contributed by atoms with Gasteiger partial charge in [-0.3, -0.25) is 9.48 Å². The molecule has 35 heavy (non-hydrogen) atoms. The van der Waals surface area contributed by atoms with Gasteiger partial charge in [-0.2, -0.15) is 5.10 Å². The Morgan fingerprint density at radius 3 is 2.60 bits per heavy atom. The van der Waals surface area contributed by atoms with Crippen molar-refractivity contribution in [1.29, 1.82) is 0 Å². The van der Waals surface area contributed by atoms with E-state index in [0.29, 0.717) is 29.1 Å². The molecule has 0 spiro atoms. The average molecular weight is 483 g/mol. The smallest absolute Gasteiger partial charge is 0.410 e. The maximum absolute atomic E-state index is 13.7. The lowest BCUT2D eigenvalue weighted by Crippen LogP contribution is -2.41. The van der Waals surface area contributed by atoms with E-state index < -0.39 is 17.2 Å². The average Bonchev–Trinajstić information content (AvgIpc) is 2.94. The Hall–Kier alpha value is -3.62. The van der Waals surface area contributed by atoms with Crippen LogP contribution in [-0.4, -0.2) is 45.4 Å². The van der Waals surface area contributed by atoms with Crippen LogP contribution in [0.3, 0.4) is 0 Å². The molecule has 0 saturated heterocycles. The third-order valence-corrected chi connectivity index (χ3v) is 5.79. The second-order valence-electron chi connectivity index (χ2n) is 10.3. The molecule has 0 fully saturated rings. The summed E-state index contributed by atoms with van der Waals surface area (Å²) in [7, 11) is 1.74. The third-order valence-electron chi connectivity index (χ3n) is 5.79. The van der Waals surface area contributed by atoms with Gasteiger partial charge >= 0.3 is 6.09 Å². The molecule has 0 aliphatic carbocycles. The van der Waals surface area contributed by atoms with Crippen molar-refractivity contribution in [3.8, 4) is 5.75 Å². The Balaban J connectivity index is 1.60. The van der Waals surface area contributed by atoms with Gasteiger partial charge in [-0.05, 0) is 58.9 Å². The van der Waals surface area contributed by atoms with Crippen LogP contribution in [0.15, 0.2) is 36.4 Å². The van der Waals surface area contributed by atoms with Crippen LogP contribution in [-0.2, 0) is 23.9 Å². The molecule has 0 atom stereocenters. The SMILES string of the molecule is Cn1nc(C(C)(C)NC(=O)c2cccc3c2OCCN(C(=O)OC(C)(C)C)C3)c2ccc(F)cc21. The number of hydrogen-bond donors (Lipinski definition) is 1. The zero-order valence-corrected chi connectivity index (χ0v) is 20.9. The van der Waals surface area contributed by atoms with E-state index in [4.69, 9.17) is 9.47 Å². The number of aryl methyl sites for hydroxylation is 1. The Labute approximate surface area is 204 Å². The van der Waals surface area contributed by atoms with Crippen LogP contribution in [0.2, 0.25) is 0 Å². The van der Waals surface area contributed by atoms with Gasteiger partial charge in [0.05, 0.1) is 35.4 Å². The minimum absolute atomic E-state index is 0.233. The van der Waals surface area contributed by atoms with Crippen LogP contribution in [0.1, 0.15) is 56.2 Å². The molecule has 1 N–H and O–H groups in total. The van der Waals surface area contributed by atoms with Crippen molar-refractivity contribution >= 4 is 22.9 Å². The van der Waals surface area contributed by atoms with Gasteiger partial charge in [-0.15, -0.1) is 0 Å². The first-order valence-corrected chi connectivity index (χ1v) is 11.5. The molecule has 2 amide bonds. The predicted octanol–water partition coefficient (Wildman–Crippen LogP) is 4.51. The zero-order valence-electron chi connectivity index (χ0n) is 20.9. The molecular weight excluding hydrogens is 451 g/mol. The van der Waals surface area contributed by atoms with Gasteiger partial charge in [0.2, 0.25) is 0 Å². The second-order valence-corrected chi connectivity index (χ2v) is 10.3. The van der Waals surface area contributed by atoms with Crippen molar-refractivity contribution in [1.82, 2.24) is 20.0 Å². The number of benzene rings is 2. The summed E-state index contributed by atoms with van der Waals surface area (Å²) in [6, 6.07) is 9.77. The first-order chi connectivity index (χ1) is 16.4. The topological polar surface area (TPSA) is 85.7 Å². The number of halogens is 1. The lowest BCUT2D eigenvalue weighted by Gasteiger charge is -2.26. The van der Waals surface area contributed by atoms with E-state index in [1.807, 2.05) is 40.7 Å². The molecule has 2 heterocycles. The van der Waals surface area contributed by atoms with Gasteiger partial charge in [0.25, 0.3) is 5.91 Å². The van der Waals surface area contributed by atoms with Crippen molar-refractivity contribution in [2.45, 2.75) is 52.3 Å². The number of hydrogen-bond acceptors (Lipinski definition) is 5. The molecule has 0 bridgehead atoms. The number of amides is 2. The number of ether oxygens (including phenoxy) is 2. The lowest BCUT2D eigenvalue weighted by molar-refractivity contribution is 0.0225. The molecule has 0 saturated carbocycles. The molecule has 2 aromatic carbocycles. The van der Waals surface area contributed by atoms with Crippen LogP contribution >= 0.6 is 0 Å². The van der Waals surface area contributed by atoms with E-state index in [9.17, 15) is 14.0 Å². The van der Waals surface area contributed by atoms with Crippen molar-refractivity contribution < 1.29 is 23.5 Å². The zero-order chi connectivity index (χ0) is 25.5. The number of carbonyl (C=O) groups is 2. The molecule has 0 radical (unpaired) electrons. The van der Waals surface area contributed by atoms with E-state index >= 15 is 0 Å². The molecular formula is C26H31FN4O4. The van der Waals surface area contributed by atoms with Gasteiger partial charge < -0.3 is 19.7 Å². The fraction of sp³-hybridized carbons (Fsp3) is 0.423. The molecule has 3 aromatic rings. The number of nitrogens with zero attached hydrogens (tertiary/aromatic N) is 3. The maximum Gasteiger partial charge on any atom is 0.410 e. The summed E-state index contributed by atoms with van der Waals surface area (Å²) in [6.07, 6.45) is -0.427. The first-order valence-electron chi connectivity index (χ1n) is 11.5. The van der Waals surface area contributed by atoms with Gasteiger partial charge in [-0.1, -0.05) is 12.1 Å². The fourth-order valence-electron chi connectivity index (χ4n) is 4.19. The summed E-state index contributed by atoms with van der Waals surface area (Å²) >= 11 is 0. The van der Waals surface area contributed by atoms with Crippen LogP contribution in [0.5, 0.6) is 5.75 Å². The number of nitrogens with one attached hydrogen (secondary N) is 1. The summed E-state index contributed by atoms with van der Waals surface area (Å²) < 4.78 is 26.8. The highest BCUT2D eigenvalue weighted by atomic mass is 19.1. The Morgan fingerprint density at radius 1 is 1.14 bits per heavy atom. The molecule has 1 aromatic heterocycles. The Morgan fingerprint density at radius 2 is 1.89 bits per heavy atom. The monoisotopic (exact) mass is 482 g/mol. The highest BCUT2D eigenvalue weighted by molar-refractivity contribution is 5.98. The lowest BCUT2D eigenvalue weighted by atomic mass is 9.96. The minimum atomic E-state index is -0.857. The van der Waals surface area contributed by atoms with Gasteiger partial charge in [-0.25, -0.2) is 9.18 Å². The number of carbonyl (C=O) groups excluding carboxylic acids is 2. The molecule has 8 nitrogen and oxygen atoms in total. The van der Waals surface area contributed by atoms with Crippen LogP contribution in [0, 0.1) is 5.82 Å². The fourth-order valence-corrected chi connectivity index (χ4v) is 4.19. The van der Waals surface area contributed by atoms with Gasteiger partial charge in [0.15, 0.2) is 0 Å². The maximum atomic E-state index is 13.7. The third kappa shape index (κ3) is 5.08. The summed E-state index contributed by atoms with van der Waals surface area (Å²) in [5, 5.41) is 8.37. The Kier molecular flexibility index (Phi) is 6.21. The van der Waals surface area contributed by atoms with Crippen LogP contribution in [0.4, 0.5) is 9.18 Å². The number of fused-ring (bicyclic) bond motifs is 2. The molecule has 0 unspecified atom stereocenters. The summed E-state index contributed by atoms with van der Waals surface area (Å²) in [5.74, 6) is -0.239. The summed E-state index contributed by atoms with van der Waals surface area (Å²) in [6.45, 7) is 10.00. The van der Waals surface area contributed by atoms with Crippen LogP contribution < -0.4 is 10.1 Å². The van der Waals surface area contributed by atoms with E-state index in [2.05, 4.69) is 10.4 Å². The number of para-hydroxylation sites is 1. The molecule has 1 aliphatic rings. The quantitative estimate of drug-likeness (QED) is 0.594. The van der Waals surface area contributed by atoms with E-state index in [1.165, 1.54) is 12.1 Å². The van der Waals surface area contributed by atoms with Gasteiger partial charge in [0.1, 0.15) is 23.8 Å². The van der Waals surface area contributed by atoms with Crippen molar-refractivity contribution in [2.75, 3.05) is 13.2 Å². The molecule has 9 heteroatoms. The Bertz CT molecular complexity index is 1290. The van der Waals surface area contributed by atoms with Gasteiger partial charge in [0, 0.05) is 18.0 Å². The van der Waals surface area contributed by atoms with E-state index in [-0.39, 0.29) is 24.9 Å².